The summed E-state index contributed by atoms with van der Waals surface area (Å²) in [6.07, 6.45) is 4.53. The summed E-state index contributed by atoms with van der Waals surface area (Å²) in [4.78, 5) is 55.2. The van der Waals surface area contributed by atoms with Gasteiger partial charge in [0.1, 0.15) is 0 Å². The van der Waals surface area contributed by atoms with Crippen LogP contribution in [-0.2, 0) is 10.2 Å². The van der Waals surface area contributed by atoms with Crippen molar-refractivity contribution in [3.8, 4) is 22.4 Å². The summed E-state index contributed by atoms with van der Waals surface area (Å²) >= 11 is 0. The van der Waals surface area contributed by atoms with E-state index in [0.717, 1.165) is 109 Å². The van der Waals surface area contributed by atoms with Gasteiger partial charge in [-0.3, -0.25) is 29.8 Å². The number of piperidine rings is 1. The van der Waals surface area contributed by atoms with Crippen molar-refractivity contribution in [3.63, 3.8) is 0 Å². The summed E-state index contributed by atoms with van der Waals surface area (Å²) in [5.74, 6) is 0.524. The number of benzene rings is 3. The lowest BCUT2D eigenvalue weighted by Crippen LogP contribution is -2.49. The second-order valence-electron chi connectivity index (χ2n) is 18.6. The molecule has 9 rings (SSSR count). The van der Waals surface area contributed by atoms with E-state index >= 15 is 0 Å². The highest BCUT2D eigenvalue weighted by Gasteiger charge is 2.28. The predicted molar refractivity (Wildman–Crippen MR) is 249 cm³/mol. The number of anilines is 3. The summed E-state index contributed by atoms with van der Waals surface area (Å²) in [5, 5.41) is 18.0. The Morgan fingerprint density at radius 1 is 0.844 bits per heavy atom. The maximum atomic E-state index is 13.0. The normalized spacial score (nSPS) is 17.2. The molecule has 0 bridgehead atoms. The van der Waals surface area contributed by atoms with Gasteiger partial charge in [0.15, 0.2) is 5.65 Å². The van der Waals surface area contributed by atoms with E-state index in [-0.39, 0.29) is 35.1 Å². The maximum Gasteiger partial charge on any atom is 0.328 e. The first-order chi connectivity index (χ1) is 30.8. The number of fused-ring (bicyclic) bond motifs is 1. The van der Waals surface area contributed by atoms with Gasteiger partial charge in [-0.05, 0) is 104 Å². The lowest BCUT2D eigenvalue weighted by atomic mass is 9.95. The molecule has 64 heavy (non-hydrogen) atoms. The number of nitrogens with zero attached hydrogens (tertiary/aromatic N) is 8. The van der Waals surface area contributed by atoms with Gasteiger partial charge in [0.2, 0.25) is 11.8 Å². The summed E-state index contributed by atoms with van der Waals surface area (Å²) in [6.45, 7) is 19.7. The monoisotopic (exact) mass is 863 g/mol. The molecule has 3 aromatic carbocycles. The van der Waals surface area contributed by atoms with E-state index in [1.54, 1.807) is 4.90 Å². The summed E-state index contributed by atoms with van der Waals surface area (Å²) < 4.78 is 5.32. The zero-order valence-electron chi connectivity index (χ0n) is 37.6. The van der Waals surface area contributed by atoms with Crippen LogP contribution in [0.1, 0.15) is 86.2 Å². The number of rotatable bonds is 10. The number of amides is 4. The number of hydrogen-bond donors (Lipinski definition) is 3. The van der Waals surface area contributed by atoms with Crippen molar-refractivity contribution >= 4 is 45.9 Å². The van der Waals surface area contributed by atoms with Crippen molar-refractivity contribution in [3.05, 3.63) is 101 Å². The molecule has 0 spiro atoms. The van der Waals surface area contributed by atoms with E-state index in [1.807, 2.05) is 59.0 Å². The Labute approximate surface area is 373 Å². The Bertz CT molecular complexity index is 2690. The zero-order chi connectivity index (χ0) is 44.7. The average molecular weight is 864 g/mol. The van der Waals surface area contributed by atoms with Gasteiger partial charge in [-0.1, -0.05) is 50.2 Å². The molecule has 6 aromatic rings. The largest absolute Gasteiger partial charge is 0.371 e. The third kappa shape index (κ3) is 8.94. The Morgan fingerprint density at radius 3 is 2.27 bits per heavy atom. The number of nitrogens with one attached hydrogen (secondary N) is 3. The fourth-order valence-corrected chi connectivity index (χ4v) is 9.30. The second kappa shape index (κ2) is 17.5. The lowest BCUT2D eigenvalue weighted by Gasteiger charge is -2.40. The van der Waals surface area contributed by atoms with Gasteiger partial charge in [0.25, 0.3) is 11.7 Å². The van der Waals surface area contributed by atoms with Crippen LogP contribution in [0.15, 0.2) is 77.4 Å². The molecule has 4 amide bonds. The van der Waals surface area contributed by atoms with Crippen LogP contribution in [0.25, 0.3) is 33.4 Å². The minimum absolute atomic E-state index is 0.0246. The van der Waals surface area contributed by atoms with Crippen LogP contribution in [0.3, 0.4) is 0 Å². The van der Waals surface area contributed by atoms with Gasteiger partial charge in [0.05, 0.1) is 11.7 Å². The predicted octanol–water partition coefficient (Wildman–Crippen LogP) is 7.57. The third-order valence-electron chi connectivity index (χ3n) is 13.0. The SMILES string of the molecule is Cc1cc(-c2[nH]nc3ncc(-c4ccc(N5CCN(CC6CCN(c7ccc(N8CCC(=O)NC8=O)cc7C)CC6)CC5)cc4)cc23)ccc1C(C)NC(=O)c1noc(C(C)(C)C)n1. The van der Waals surface area contributed by atoms with Crippen molar-refractivity contribution in [2.45, 2.75) is 72.3 Å². The number of piperazine rings is 1. The van der Waals surface area contributed by atoms with Crippen LogP contribution >= 0.6 is 0 Å². The van der Waals surface area contributed by atoms with Gasteiger partial charge in [-0.25, -0.2) is 9.78 Å². The van der Waals surface area contributed by atoms with Gasteiger partial charge >= 0.3 is 6.03 Å². The molecule has 0 saturated carbocycles. The molecule has 3 aromatic heterocycles. The zero-order valence-corrected chi connectivity index (χ0v) is 37.6. The Kier molecular flexibility index (Phi) is 11.7. The number of H-pyrrole nitrogens is 1. The standard InChI is InChI=1S/C49H57N11O4/c1-30-25-35(9-13-39(30)32(3)51-46(62)45-53-47(64-56-45)49(4,5)6)43-40-27-36(28-50-44(40)55-54-43)34-7-10-37(11-8-34)58-23-21-57(22-24-58)29-33-15-18-59(19-16-33)41-14-12-38(26-31(41)2)60-20-17-42(61)52-48(60)63/h7-14,25-28,32-33H,15-24,29H2,1-6H3,(H,51,62)(H,50,54,55)(H,52,61,63). The Hall–Kier alpha value is -6.61. The fourth-order valence-electron chi connectivity index (χ4n) is 9.30. The van der Waals surface area contributed by atoms with Gasteiger partial charge < -0.3 is 19.6 Å². The first kappa shape index (κ1) is 42.7. The molecule has 15 nitrogen and oxygen atoms in total. The van der Waals surface area contributed by atoms with Crippen molar-refractivity contribution < 1.29 is 18.9 Å². The van der Waals surface area contributed by atoms with E-state index in [9.17, 15) is 14.4 Å². The number of carbonyl (C=O) groups excluding carboxylic acids is 3. The molecule has 0 aliphatic carbocycles. The molecule has 1 atom stereocenters. The molecule has 6 heterocycles. The van der Waals surface area contributed by atoms with E-state index in [0.29, 0.717) is 30.4 Å². The first-order valence-corrected chi connectivity index (χ1v) is 22.4. The number of imide groups is 1. The van der Waals surface area contributed by atoms with Gasteiger partial charge in [0, 0.05) is 104 Å². The molecule has 3 saturated heterocycles. The molecule has 3 aliphatic rings. The fraction of sp³-hybridized carbons (Fsp3) is 0.408. The van der Waals surface area contributed by atoms with Gasteiger partial charge in [-0.2, -0.15) is 10.1 Å². The average Bonchev–Trinajstić information content (AvgIpc) is 3.96. The van der Waals surface area contributed by atoms with Crippen molar-refractivity contribution in [1.82, 2.24) is 40.9 Å². The first-order valence-electron chi connectivity index (χ1n) is 22.4. The molecule has 1 unspecified atom stereocenters. The minimum atomic E-state index is -0.381. The smallest absolute Gasteiger partial charge is 0.328 e. The van der Waals surface area contributed by atoms with Gasteiger partial charge in [-0.15, -0.1) is 0 Å². The number of aromatic amines is 1. The lowest BCUT2D eigenvalue weighted by molar-refractivity contribution is -0.120. The van der Waals surface area contributed by atoms with Crippen LogP contribution in [-0.4, -0.2) is 100 Å². The van der Waals surface area contributed by atoms with Crippen molar-refractivity contribution in [2.24, 2.45) is 5.92 Å². The van der Waals surface area contributed by atoms with Crippen LogP contribution in [0.2, 0.25) is 0 Å². The number of pyridine rings is 1. The topological polar surface area (TPSA) is 169 Å². The highest BCUT2D eigenvalue weighted by Crippen LogP contribution is 2.34. The summed E-state index contributed by atoms with van der Waals surface area (Å²) in [6, 6.07) is 22.7. The number of aromatic nitrogens is 5. The van der Waals surface area contributed by atoms with Crippen LogP contribution in [0.5, 0.6) is 0 Å². The summed E-state index contributed by atoms with van der Waals surface area (Å²) in [5.41, 5.74) is 10.8. The number of urea groups is 1. The van der Waals surface area contributed by atoms with E-state index < -0.39 is 0 Å². The third-order valence-corrected chi connectivity index (χ3v) is 13.0. The number of aryl methyl sites for hydroxylation is 2. The highest BCUT2D eigenvalue weighted by molar-refractivity contribution is 6.05. The molecule has 3 N–H and O–H groups in total. The van der Waals surface area contributed by atoms with Crippen molar-refractivity contribution in [1.29, 1.82) is 0 Å². The van der Waals surface area contributed by atoms with Crippen LogP contribution in [0, 0.1) is 19.8 Å². The van der Waals surface area contributed by atoms with E-state index in [1.165, 1.54) is 11.4 Å². The van der Waals surface area contributed by atoms with Crippen molar-refractivity contribution in [2.75, 3.05) is 67.1 Å². The molecule has 3 aliphatic heterocycles. The number of carbonyl (C=O) groups is 3. The molecule has 3 fully saturated rings. The Morgan fingerprint density at radius 2 is 1.58 bits per heavy atom. The number of hydrogen-bond acceptors (Lipinski definition) is 11. The van der Waals surface area contributed by atoms with E-state index in [2.05, 4.69) is 101 Å². The second-order valence-corrected chi connectivity index (χ2v) is 18.6. The molecular weight excluding hydrogens is 807 g/mol. The Balaban J connectivity index is 0.771. The molecular formula is C49H57N11O4. The van der Waals surface area contributed by atoms with Crippen LogP contribution < -0.4 is 25.3 Å². The molecule has 332 valence electrons. The highest BCUT2D eigenvalue weighted by atomic mass is 16.5. The molecule has 0 radical (unpaired) electrons. The minimum Gasteiger partial charge on any atom is -0.371 e. The molecule has 15 heteroatoms. The quantitative estimate of drug-likeness (QED) is 0.124. The summed E-state index contributed by atoms with van der Waals surface area (Å²) in [7, 11) is 0. The van der Waals surface area contributed by atoms with Crippen LogP contribution in [0.4, 0.5) is 21.9 Å². The maximum absolute atomic E-state index is 13.0. The van der Waals surface area contributed by atoms with E-state index in [4.69, 9.17) is 9.51 Å².